The minimum atomic E-state index is -1.33. The third kappa shape index (κ3) is 2.97. The van der Waals surface area contributed by atoms with Crippen LogP contribution in [-0.4, -0.2) is 33.7 Å². The molecule has 1 rings (SSSR count). The Morgan fingerprint density at radius 3 is 2.67 bits per heavy atom. The van der Waals surface area contributed by atoms with Gasteiger partial charge in [-0.1, -0.05) is 13.3 Å². The number of aromatic carboxylic acids is 1. The predicted octanol–water partition coefficient (Wildman–Crippen LogP) is 1.75. The molecule has 98 valence electrons. The lowest BCUT2D eigenvalue weighted by Gasteiger charge is -2.09. The number of hydrogen-bond acceptors (Lipinski definition) is 5. The smallest absolute Gasteiger partial charge is 0.342 e. The summed E-state index contributed by atoms with van der Waals surface area (Å²) in [5, 5.41) is 18.7. The van der Waals surface area contributed by atoms with Crippen molar-refractivity contribution in [3.63, 3.8) is 0 Å². The van der Waals surface area contributed by atoms with Crippen LogP contribution in [0.4, 0.5) is 0 Å². The maximum absolute atomic E-state index is 11.7. The van der Waals surface area contributed by atoms with E-state index < -0.39 is 17.7 Å². The first-order valence-electron chi connectivity index (χ1n) is 5.58. The van der Waals surface area contributed by atoms with Crippen LogP contribution in [0.1, 0.15) is 46.2 Å². The van der Waals surface area contributed by atoms with Gasteiger partial charge in [0.25, 0.3) is 0 Å². The molecule has 0 fully saturated rings. The molecule has 6 heteroatoms. The molecule has 0 saturated heterocycles. The Bertz CT molecular complexity index is 470. The highest BCUT2D eigenvalue weighted by Gasteiger charge is 2.24. The predicted molar refractivity (Wildman–Crippen MR) is 62.8 cm³/mol. The van der Waals surface area contributed by atoms with Gasteiger partial charge in [0.2, 0.25) is 0 Å². The number of rotatable bonds is 5. The molecule has 0 aliphatic rings. The summed E-state index contributed by atoms with van der Waals surface area (Å²) < 4.78 is 4.91. The number of carboxylic acids is 1. The van der Waals surface area contributed by atoms with E-state index in [1.165, 1.54) is 6.92 Å². The molecule has 2 N–H and O–H groups in total. The fourth-order valence-corrected chi connectivity index (χ4v) is 1.35. The Balaban J connectivity index is 3.08. The van der Waals surface area contributed by atoms with E-state index in [9.17, 15) is 14.7 Å². The molecule has 0 saturated carbocycles. The molecular weight excluding hydrogens is 238 g/mol. The van der Waals surface area contributed by atoms with Crippen molar-refractivity contribution in [1.29, 1.82) is 0 Å². The largest absolute Gasteiger partial charge is 0.505 e. The fourth-order valence-electron chi connectivity index (χ4n) is 1.35. The Kier molecular flexibility index (Phi) is 4.65. The van der Waals surface area contributed by atoms with Crippen molar-refractivity contribution in [3.8, 4) is 5.75 Å². The molecule has 0 aliphatic heterocycles. The van der Waals surface area contributed by atoms with Crippen molar-refractivity contribution in [2.24, 2.45) is 0 Å². The first kappa shape index (κ1) is 14.0. The number of aryl methyl sites for hydroxylation is 1. The van der Waals surface area contributed by atoms with E-state index in [0.29, 0.717) is 6.42 Å². The molecule has 0 aromatic carbocycles. The first-order chi connectivity index (χ1) is 8.49. The van der Waals surface area contributed by atoms with Gasteiger partial charge in [0.1, 0.15) is 5.56 Å². The highest BCUT2D eigenvalue weighted by molar-refractivity contribution is 6.04. The van der Waals surface area contributed by atoms with Crippen LogP contribution >= 0.6 is 0 Å². The van der Waals surface area contributed by atoms with Gasteiger partial charge in [-0.3, -0.25) is 4.98 Å². The number of carbonyl (C=O) groups excluding carboxylic acids is 1. The highest BCUT2D eigenvalue weighted by atomic mass is 16.5. The molecule has 1 heterocycles. The lowest BCUT2D eigenvalue weighted by molar-refractivity contribution is 0.0485. The number of ether oxygens (including phenoxy) is 1. The maximum Gasteiger partial charge on any atom is 0.342 e. The van der Waals surface area contributed by atoms with Gasteiger partial charge in [0.05, 0.1) is 17.9 Å². The molecule has 6 nitrogen and oxygen atoms in total. The first-order valence-corrected chi connectivity index (χ1v) is 5.58. The quantitative estimate of drug-likeness (QED) is 0.613. The second kappa shape index (κ2) is 6.00. The molecule has 18 heavy (non-hydrogen) atoms. The number of carbonyl (C=O) groups is 2. The zero-order chi connectivity index (χ0) is 13.7. The SMILES string of the molecule is CCCCOC(=O)c1c(C(=O)O)cnc(C)c1O. The number of aromatic hydroxyl groups is 1. The Labute approximate surface area is 104 Å². The van der Waals surface area contributed by atoms with E-state index >= 15 is 0 Å². The second-order valence-corrected chi connectivity index (χ2v) is 3.78. The Morgan fingerprint density at radius 1 is 1.44 bits per heavy atom. The summed E-state index contributed by atoms with van der Waals surface area (Å²) >= 11 is 0. The van der Waals surface area contributed by atoms with Crippen LogP contribution in [0.15, 0.2) is 6.20 Å². The zero-order valence-corrected chi connectivity index (χ0v) is 10.3. The van der Waals surface area contributed by atoms with Gasteiger partial charge < -0.3 is 14.9 Å². The average Bonchev–Trinajstić information content (AvgIpc) is 2.32. The van der Waals surface area contributed by atoms with E-state index in [2.05, 4.69) is 4.98 Å². The van der Waals surface area contributed by atoms with Crippen LogP contribution in [0.5, 0.6) is 5.75 Å². The summed E-state index contributed by atoms with van der Waals surface area (Å²) in [6.45, 7) is 3.60. The van der Waals surface area contributed by atoms with Gasteiger partial charge in [-0.05, 0) is 13.3 Å². The number of carboxylic acid groups (broad SMARTS) is 1. The molecule has 0 atom stereocenters. The van der Waals surface area contributed by atoms with E-state index in [1.807, 2.05) is 6.92 Å². The molecule has 0 spiro atoms. The molecular formula is C12H15NO5. The summed E-state index contributed by atoms with van der Waals surface area (Å²) in [7, 11) is 0. The second-order valence-electron chi connectivity index (χ2n) is 3.78. The number of pyridine rings is 1. The van der Waals surface area contributed by atoms with Crippen LogP contribution < -0.4 is 0 Å². The van der Waals surface area contributed by atoms with Crippen molar-refractivity contribution in [3.05, 3.63) is 23.0 Å². The number of hydrogen-bond donors (Lipinski definition) is 2. The standard InChI is InChI=1S/C12H15NO5/c1-3-4-5-18-12(17)9-8(11(15)16)6-13-7(2)10(9)14/h6,14H,3-5H2,1-2H3,(H,15,16). The van der Waals surface area contributed by atoms with E-state index in [4.69, 9.17) is 9.84 Å². The lowest BCUT2D eigenvalue weighted by Crippen LogP contribution is -2.14. The van der Waals surface area contributed by atoms with Crippen LogP contribution in [0, 0.1) is 6.92 Å². The van der Waals surface area contributed by atoms with Crippen molar-refractivity contribution in [2.75, 3.05) is 6.61 Å². The molecule has 0 bridgehead atoms. The third-order valence-corrected chi connectivity index (χ3v) is 2.40. The lowest BCUT2D eigenvalue weighted by atomic mass is 10.1. The monoisotopic (exact) mass is 253 g/mol. The average molecular weight is 253 g/mol. The van der Waals surface area contributed by atoms with Crippen LogP contribution in [0.2, 0.25) is 0 Å². The Morgan fingerprint density at radius 2 is 2.11 bits per heavy atom. The summed E-state index contributed by atoms with van der Waals surface area (Å²) in [4.78, 5) is 26.4. The fraction of sp³-hybridized carbons (Fsp3) is 0.417. The van der Waals surface area contributed by atoms with Crippen molar-refractivity contribution in [1.82, 2.24) is 4.98 Å². The van der Waals surface area contributed by atoms with Crippen LogP contribution in [0.25, 0.3) is 0 Å². The molecule has 0 amide bonds. The van der Waals surface area contributed by atoms with E-state index in [1.54, 1.807) is 0 Å². The van der Waals surface area contributed by atoms with E-state index in [0.717, 1.165) is 12.6 Å². The minimum Gasteiger partial charge on any atom is -0.505 e. The van der Waals surface area contributed by atoms with E-state index in [-0.39, 0.29) is 23.4 Å². The highest BCUT2D eigenvalue weighted by Crippen LogP contribution is 2.24. The van der Waals surface area contributed by atoms with Gasteiger partial charge in [0, 0.05) is 6.20 Å². The minimum absolute atomic E-state index is 0.183. The third-order valence-electron chi connectivity index (χ3n) is 2.40. The van der Waals surface area contributed by atoms with Gasteiger partial charge in [-0.15, -0.1) is 0 Å². The Hall–Kier alpha value is -2.11. The summed E-state index contributed by atoms with van der Waals surface area (Å²) in [6, 6.07) is 0. The van der Waals surface area contributed by atoms with Crippen molar-refractivity contribution >= 4 is 11.9 Å². The summed E-state index contributed by atoms with van der Waals surface area (Å²) in [6.07, 6.45) is 2.56. The number of aromatic nitrogens is 1. The van der Waals surface area contributed by atoms with Gasteiger partial charge in [0.15, 0.2) is 5.75 Å². The molecule has 0 radical (unpaired) electrons. The van der Waals surface area contributed by atoms with Crippen molar-refractivity contribution < 1.29 is 24.5 Å². The van der Waals surface area contributed by atoms with Crippen LogP contribution in [-0.2, 0) is 4.74 Å². The normalized spacial score (nSPS) is 10.1. The van der Waals surface area contributed by atoms with Crippen LogP contribution in [0.3, 0.4) is 0 Å². The molecule has 0 aliphatic carbocycles. The number of nitrogens with zero attached hydrogens (tertiary/aromatic N) is 1. The molecule has 1 aromatic rings. The summed E-state index contributed by atoms with van der Waals surface area (Å²) in [5.41, 5.74) is -0.520. The zero-order valence-electron chi connectivity index (χ0n) is 10.3. The van der Waals surface area contributed by atoms with Gasteiger partial charge >= 0.3 is 11.9 Å². The molecule has 0 unspecified atom stereocenters. The van der Waals surface area contributed by atoms with Gasteiger partial charge in [-0.2, -0.15) is 0 Å². The number of esters is 1. The maximum atomic E-state index is 11.7. The number of unbranched alkanes of at least 4 members (excludes halogenated alkanes) is 1. The molecule has 1 aromatic heterocycles. The van der Waals surface area contributed by atoms with Gasteiger partial charge in [-0.25, -0.2) is 9.59 Å². The summed E-state index contributed by atoms with van der Waals surface area (Å²) in [5.74, 6) is -2.62. The van der Waals surface area contributed by atoms with Crippen molar-refractivity contribution in [2.45, 2.75) is 26.7 Å². The topological polar surface area (TPSA) is 96.7 Å².